The van der Waals surface area contributed by atoms with Gasteiger partial charge in [-0.1, -0.05) is 51.1 Å². The van der Waals surface area contributed by atoms with E-state index in [9.17, 15) is 19.8 Å². The maximum absolute atomic E-state index is 14.2. The number of carbonyl (C=O) groups excluding carboxylic acids is 2. The highest BCUT2D eigenvalue weighted by Crippen LogP contribution is 2.61. The number of amides is 2. The van der Waals surface area contributed by atoms with Gasteiger partial charge in [-0.25, -0.2) is 0 Å². The van der Waals surface area contributed by atoms with Crippen LogP contribution in [0.1, 0.15) is 62.0 Å². The number of aliphatic hydroxyl groups excluding tert-OH is 2. The highest BCUT2D eigenvalue weighted by Gasteiger charge is 2.57. The SMILES string of the molecule is COc1cccc(CCNC(=O)c2cc(-c3cccc(CN4O[C@@H](CO)[C@H]([C@H](C)O)[C@H]4C(=O)N[C@H]4C[C@H]5C[C@@H]([C@@H]4C)C5(C)C)c3OC)cc(N(C)C)c2)c1. The number of benzene rings is 3. The number of ether oxygens (including phenoxy) is 2. The van der Waals surface area contributed by atoms with Gasteiger partial charge in [0, 0.05) is 55.0 Å². The van der Waals surface area contributed by atoms with Crippen LogP contribution in [-0.2, 0) is 22.6 Å². The number of nitrogens with one attached hydrogen (secondary N) is 2. The van der Waals surface area contributed by atoms with Crippen LogP contribution in [0.15, 0.2) is 60.7 Å². The molecule has 2 bridgehead atoms. The minimum absolute atomic E-state index is 0.0361. The number of hydroxylamine groups is 2. The number of hydrogen-bond acceptors (Lipinski definition) is 9. The Bertz CT molecular complexity index is 1810. The zero-order valence-corrected chi connectivity index (χ0v) is 33.0. The summed E-state index contributed by atoms with van der Waals surface area (Å²) in [6.07, 6.45) is 1.12. The first-order valence-electron chi connectivity index (χ1n) is 19.2. The summed E-state index contributed by atoms with van der Waals surface area (Å²) in [5, 5.41) is 29.3. The average molecular weight is 743 g/mol. The van der Waals surface area contributed by atoms with E-state index in [1.807, 2.05) is 79.7 Å². The van der Waals surface area contributed by atoms with Crippen molar-refractivity contribution >= 4 is 17.5 Å². The molecule has 1 saturated heterocycles. The van der Waals surface area contributed by atoms with Crippen molar-refractivity contribution in [3.63, 3.8) is 0 Å². The predicted molar refractivity (Wildman–Crippen MR) is 209 cm³/mol. The normalized spacial score (nSPS) is 26.4. The van der Waals surface area contributed by atoms with Crippen molar-refractivity contribution in [3.05, 3.63) is 77.4 Å². The largest absolute Gasteiger partial charge is 0.497 e. The van der Waals surface area contributed by atoms with Gasteiger partial charge in [0.2, 0.25) is 5.91 Å². The summed E-state index contributed by atoms with van der Waals surface area (Å²) in [6.45, 7) is 8.83. The van der Waals surface area contributed by atoms with Gasteiger partial charge in [0.15, 0.2) is 0 Å². The van der Waals surface area contributed by atoms with Crippen LogP contribution >= 0.6 is 0 Å². The van der Waals surface area contributed by atoms with E-state index in [2.05, 4.69) is 31.4 Å². The van der Waals surface area contributed by atoms with Crippen molar-refractivity contribution in [3.8, 4) is 22.6 Å². The summed E-state index contributed by atoms with van der Waals surface area (Å²) in [4.78, 5) is 36.0. The molecule has 0 aromatic heterocycles. The molecule has 1 aliphatic heterocycles. The molecule has 11 nitrogen and oxygen atoms in total. The Morgan fingerprint density at radius 2 is 1.81 bits per heavy atom. The summed E-state index contributed by atoms with van der Waals surface area (Å²) in [5.74, 6) is 1.77. The van der Waals surface area contributed by atoms with E-state index < -0.39 is 24.2 Å². The smallest absolute Gasteiger partial charge is 0.251 e. The first kappa shape index (κ1) is 39.5. The summed E-state index contributed by atoms with van der Waals surface area (Å²) >= 11 is 0. The number of fused-ring (bicyclic) bond motifs is 2. The monoisotopic (exact) mass is 742 g/mol. The van der Waals surface area contributed by atoms with Crippen LogP contribution in [0.4, 0.5) is 5.69 Å². The Hall–Kier alpha value is -4.16. The molecule has 3 aromatic rings. The third-order valence-electron chi connectivity index (χ3n) is 12.5. The molecular formula is C43H58N4O7. The van der Waals surface area contributed by atoms with Crippen molar-refractivity contribution in [1.82, 2.24) is 15.7 Å². The molecular weight excluding hydrogens is 684 g/mol. The molecule has 4 aliphatic rings. The fraction of sp³-hybridized carbons (Fsp3) is 0.535. The Balaban J connectivity index is 1.25. The molecule has 292 valence electrons. The summed E-state index contributed by atoms with van der Waals surface area (Å²) in [7, 11) is 7.10. The van der Waals surface area contributed by atoms with Crippen molar-refractivity contribution < 1.29 is 34.1 Å². The maximum atomic E-state index is 14.2. The first-order chi connectivity index (χ1) is 25.8. The number of hydrogen-bond donors (Lipinski definition) is 4. The van der Waals surface area contributed by atoms with Crippen LogP contribution in [0.3, 0.4) is 0 Å². The van der Waals surface area contributed by atoms with E-state index >= 15 is 0 Å². The summed E-state index contributed by atoms with van der Waals surface area (Å²) < 4.78 is 11.4. The Kier molecular flexibility index (Phi) is 11.9. The first-order valence-corrected chi connectivity index (χ1v) is 19.2. The van der Waals surface area contributed by atoms with Gasteiger partial charge in [0.05, 0.1) is 33.5 Å². The number of rotatable bonds is 14. The molecule has 7 rings (SSSR count). The van der Waals surface area contributed by atoms with Gasteiger partial charge in [0.1, 0.15) is 23.6 Å². The molecule has 11 heteroatoms. The van der Waals surface area contributed by atoms with Gasteiger partial charge in [-0.2, -0.15) is 5.06 Å². The van der Waals surface area contributed by atoms with Crippen molar-refractivity contribution in [2.24, 2.45) is 29.1 Å². The minimum Gasteiger partial charge on any atom is -0.497 e. The molecule has 4 fully saturated rings. The van der Waals surface area contributed by atoms with E-state index in [0.29, 0.717) is 42.0 Å². The molecule has 8 atom stereocenters. The molecule has 1 heterocycles. The lowest BCUT2D eigenvalue weighted by atomic mass is 9.45. The molecule has 0 spiro atoms. The van der Waals surface area contributed by atoms with Crippen LogP contribution in [0, 0.1) is 29.1 Å². The van der Waals surface area contributed by atoms with E-state index in [0.717, 1.165) is 40.1 Å². The van der Waals surface area contributed by atoms with Crippen LogP contribution in [0.2, 0.25) is 0 Å². The molecule has 54 heavy (non-hydrogen) atoms. The lowest BCUT2D eigenvalue weighted by molar-refractivity contribution is -0.183. The Morgan fingerprint density at radius 3 is 2.46 bits per heavy atom. The average Bonchev–Trinajstić information content (AvgIpc) is 3.53. The van der Waals surface area contributed by atoms with Crippen LogP contribution < -0.4 is 25.0 Å². The van der Waals surface area contributed by atoms with Crippen molar-refractivity contribution in [2.75, 3.05) is 46.4 Å². The van der Waals surface area contributed by atoms with Crippen LogP contribution in [0.25, 0.3) is 11.1 Å². The van der Waals surface area contributed by atoms with E-state index in [1.54, 1.807) is 26.2 Å². The van der Waals surface area contributed by atoms with Gasteiger partial charge >= 0.3 is 0 Å². The zero-order chi connectivity index (χ0) is 38.9. The molecule has 4 N–H and O–H groups in total. The summed E-state index contributed by atoms with van der Waals surface area (Å²) in [6, 6.07) is 18.5. The second kappa shape index (κ2) is 16.3. The number of anilines is 1. The highest BCUT2D eigenvalue weighted by atomic mass is 16.7. The Labute approximate surface area is 319 Å². The second-order valence-electron chi connectivity index (χ2n) is 16.3. The highest BCUT2D eigenvalue weighted by molar-refractivity contribution is 5.97. The van der Waals surface area contributed by atoms with Crippen molar-refractivity contribution in [2.45, 2.75) is 77.8 Å². The van der Waals surface area contributed by atoms with Gasteiger partial charge in [0.25, 0.3) is 5.91 Å². The topological polar surface area (TPSA) is 133 Å². The molecule has 0 radical (unpaired) electrons. The standard InChI is InChI=1S/C43H58N4O7/c1-25-35-21-31(43(35,3)4)22-36(25)45-42(51)39-38(26(2)49)37(24-48)54-47(39)23-28-12-10-14-34(40(28)53-8)29-18-30(20-32(19-29)46(5)6)41(50)44-16-15-27-11-9-13-33(17-27)52-7/h9-14,17-20,25-26,31,35-39,48-49H,15-16,21-24H2,1-8H3,(H,44,50)(H,45,51)/t25-,26-,31+,35-,36-,37-,38-,39-/m0/s1. The summed E-state index contributed by atoms with van der Waals surface area (Å²) in [5.41, 5.74) is 5.02. The number of aliphatic hydroxyl groups is 2. The fourth-order valence-electron chi connectivity index (χ4n) is 9.24. The quantitative estimate of drug-likeness (QED) is 0.179. The minimum atomic E-state index is -0.902. The Morgan fingerprint density at radius 1 is 1.06 bits per heavy atom. The second-order valence-corrected chi connectivity index (χ2v) is 16.3. The van der Waals surface area contributed by atoms with Crippen molar-refractivity contribution in [1.29, 1.82) is 0 Å². The lowest BCUT2D eigenvalue weighted by Crippen LogP contribution is -2.62. The van der Waals surface area contributed by atoms with Gasteiger partial charge in [-0.15, -0.1) is 0 Å². The third kappa shape index (κ3) is 7.82. The van der Waals surface area contributed by atoms with Crippen LogP contribution in [0.5, 0.6) is 11.5 Å². The van der Waals surface area contributed by atoms with Gasteiger partial charge in [-0.3, -0.25) is 14.4 Å². The molecule has 3 saturated carbocycles. The molecule has 2 amide bonds. The number of nitrogens with zero attached hydrogens (tertiary/aromatic N) is 2. The van der Waals surface area contributed by atoms with Gasteiger partial charge < -0.3 is 35.2 Å². The zero-order valence-electron chi connectivity index (χ0n) is 33.0. The van der Waals surface area contributed by atoms with Gasteiger partial charge in [-0.05, 0) is 90.8 Å². The third-order valence-corrected chi connectivity index (χ3v) is 12.5. The van der Waals surface area contributed by atoms with E-state index in [4.69, 9.17) is 14.3 Å². The molecule has 3 aromatic carbocycles. The van der Waals surface area contributed by atoms with Crippen LogP contribution in [-0.4, -0.2) is 92.8 Å². The van der Waals surface area contributed by atoms with E-state index in [1.165, 1.54) is 6.42 Å². The lowest BCUT2D eigenvalue weighted by Gasteiger charge is -2.62. The molecule has 0 unspecified atom stereocenters. The molecule has 3 aliphatic carbocycles. The van der Waals surface area contributed by atoms with E-state index in [-0.39, 0.29) is 36.4 Å². The fourth-order valence-corrected chi connectivity index (χ4v) is 9.24. The number of carbonyl (C=O) groups is 2. The number of para-hydroxylation sites is 1. The predicted octanol–water partition coefficient (Wildman–Crippen LogP) is 5.07. The number of methoxy groups -OCH3 is 2. The maximum Gasteiger partial charge on any atom is 0.251 e.